The molecular formula is C27H27FN2O2. The highest BCUT2D eigenvalue weighted by Gasteiger charge is 2.35. The van der Waals surface area contributed by atoms with Crippen molar-refractivity contribution < 1.29 is 14.0 Å². The fraction of sp³-hybridized carbons (Fsp3) is 0.259. The predicted octanol–water partition coefficient (Wildman–Crippen LogP) is 4.95. The summed E-state index contributed by atoms with van der Waals surface area (Å²) >= 11 is 0. The van der Waals surface area contributed by atoms with E-state index in [1.807, 2.05) is 67.6 Å². The molecule has 0 spiro atoms. The van der Waals surface area contributed by atoms with Gasteiger partial charge in [0.15, 0.2) is 0 Å². The van der Waals surface area contributed by atoms with Crippen LogP contribution >= 0.6 is 0 Å². The van der Waals surface area contributed by atoms with Crippen LogP contribution in [0, 0.1) is 11.7 Å². The third-order valence-electron chi connectivity index (χ3n) is 6.13. The monoisotopic (exact) mass is 430 g/mol. The molecule has 2 amide bonds. The molecule has 0 aromatic heterocycles. The largest absolute Gasteiger partial charge is 0.349 e. The average molecular weight is 431 g/mol. The normalized spacial score (nSPS) is 19.2. The number of carbonyl (C=O) groups excluding carboxylic acids is 2. The van der Waals surface area contributed by atoms with E-state index in [9.17, 15) is 14.0 Å². The van der Waals surface area contributed by atoms with Crippen LogP contribution in [0.15, 0.2) is 84.9 Å². The number of hydrogen-bond donors (Lipinski definition) is 1. The molecule has 164 valence electrons. The average Bonchev–Trinajstić information content (AvgIpc) is 2.85. The first-order chi connectivity index (χ1) is 15.5. The number of amides is 2. The second-order valence-electron chi connectivity index (χ2n) is 8.40. The van der Waals surface area contributed by atoms with Crippen LogP contribution in [0.5, 0.6) is 0 Å². The summed E-state index contributed by atoms with van der Waals surface area (Å²) in [5.41, 5.74) is 2.57. The predicted molar refractivity (Wildman–Crippen MR) is 123 cm³/mol. The number of hydrogen-bond acceptors (Lipinski definition) is 2. The molecule has 1 aliphatic heterocycles. The van der Waals surface area contributed by atoms with Gasteiger partial charge in [-0.3, -0.25) is 9.59 Å². The summed E-state index contributed by atoms with van der Waals surface area (Å²) in [6.07, 6.45) is 0.671. The van der Waals surface area contributed by atoms with Gasteiger partial charge in [0.25, 0.3) is 5.91 Å². The van der Waals surface area contributed by atoms with Crippen LogP contribution in [0.2, 0.25) is 0 Å². The first kappa shape index (κ1) is 21.8. The minimum absolute atomic E-state index is 0.0529. The lowest BCUT2D eigenvalue weighted by Crippen LogP contribution is -2.48. The molecule has 1 heterocycles. The summed E-state index contributed by atoms with van der Waals surface area (Å²) in [5.74, 6) is -0.894. The molecular weight excluding hydrogens is 403 g/mol. The topological polar surface area (TPSA) is 49.4 Å². The van der Waals surface area contributed by atoms with Gasteiger partial charge in [-0.15, -0.1) is 0 Å². The molecule has 1 saturated heterocycles. The minimum Gasteiger partial charge on any atom is -0.349 e. The van der Waals surface area contributed by atoms with E-state index in [0.29, 0.717) is 25.1 Å². The summed E-state index contributed by atoms with van der Waals surface area (Å²) in [6.45, 7) is 2.83. The van der Waals surface area contributed by atoms with Gasteiger partial charge in [-0.05, 0) is 48.7 Å². The molecule has 4 nitrogen and oxygen atoms in total. The van der Waals surface area contributed by atoms with Crippen LogP contribution in [0.25, 0.3) is 0 Å². The Kier molecular flexibility index (Phi) is 6.64. The summed E-state index contributed by atoms with van der Waals surface area (Å²) in [4.78, 5) is 28.1. The van der Waals surface area contributed by atoms with E-state index in [0.717, 1.165) is 11.1 Å². The fourth-order valence-electron chi connectivity index (χ4n) is 4.35. The number of piperidine rings is 1. The van der Waals surface area contributed by atoms with Gasteiger partial charge in [0.2, 0.25) is 5.91 Å². The van der Waals surface area contributed by atoms with Crippen LogP contribution in [-0.4, -0.2) is 29.8 Å². The molecule has 0 radical (unpaired) electrons. The van der Waals surface area contributed by atoms with E-state index in [1.54, 1.807) is 4.90 Å². The number of halogens is 1. The number of rotatable bonds is 5. The molecule has 0 bridgehead atoms. The van der Waals surface area contributed by atoms with Crippen molar-refractivity contribution in [3.05, 3.63) is 107 Å². The maximum Gasteiger partial charge on any atom is 0.253 e. The molecule has 3 aromatic rings. The van der Waals surface area contributed by atoms with Crippen molar-refractivity contribution in [2.75, 3.05) is 13.1 Å². The van der Waals surface area contributed by atoms with E-state index in [1.165, 1.54) is 24.3 Å². The standard InChI is InChI=1S/C27H27FN2O2/c1-19(20-8-4-2-5-9-20)29-26(31)24-16-23(21-10-6-3-7-11-21)17-30(18-24)27(32)22-12-14-25(28)15-13-22/h2-15,19,23-24H,16-18H2,1H3,(H,29,31)/t19-,23+,24-/m0/s1. The highest BCUT2D eigenvalue weighted by Crippen LogP contribution is 2.31. The SMILES string of the molecule is C[C@H](NC(=O)[C@H]1C[C@@H](c2ccccc2)CN(C(=O)c2ccc(F)cc2)C1)c1ccccc1. The lowest BCUT2D eigenvalue weighted by molar-refractivity contribution is -0.127. The smallest absolute Gasteiger partial charge is 0.253 e. The zero-order valence-electron chi connectivity index (χ0n) is 18.1. The van der Waals surface area contributed by atoms with Crippen molar-refractivity contribution >= 4 is 11.8 Å². The molecule has 1 N–H and O–H groups in total. The van der Waals surface area contributed by atoms with E-state index < -0.39 is 0 Å². The fourth-order valence-corrected chi connectivity index (χ4v) is 4.35. The van der Waals surface area contributed by atoms with Gasteiger partial charge in [-0.25, -0.2) is 4.39 Å². The van der Waals surface area contributed by atoms with Crippen molar-refractivity contribution in [2.24, 2.45) is 5.92 Å². The zero-order valence-corrected chi connectivity index (χ0v) is 18.1. The maximum atomic E-state index is 13.3. The minimum atomic E-state index is -0.380. The number of benzene rings is 3. The number of likely N-dealkylation sites (tertiary alicyclic amines) is 1. The second kappa shape index (κ2) is 9.77. The Balaban J connectivity index is 1.54. The Hall–Kier alpha value is -3.47. The molecule has 4 rings (SSSR count). The lowest BCUT2D eigenvalue weighted by Gasteiger charge is -2.38. The molecule has 1 aliphatic rings. The van der Waals surface area contributed by atoms with Crippen LogP contribution in [0.1, 0.15) is 46.8 Å². The Labute approximate surface area is 188 Å². The molecule has 0 saturated carbocycles. The van der Waals surface area contributed by atoms with Crippen LogP contribution in [-0.2, 0) is 4.79 Å². The third-order valence-corrected chi connectivity index (χ3v) is 6.13. The molecule has 1 fully saturated rings. The van der Waals surface area contributed by atoms with Crippen molar-refractivity contribution in [1.82, 2.24) is 10.2 Å². The van der Waals surface area contributed by atoms with Gasteiger partial charge in [0.05, 0.1) is 12.0 Å². The van der Waals surface area contributed by atoms with Gasteiger partial charge in [-0.2, -0.15) is 0 Å². The van der Waals surface area contributed by atoms with Gasteiger partial charge in [0.1, 0.15) is 5.82 Å². The zero-order chi connectivity index (χ0) is 22.5. The first-order valence-corrected chi connectivity index (χ1v) is 11.0. The summed E-state index contributed by atoms with van der Waals surface area (Å²) in [5, 5.41) is 3.12. The maximum absolute atomic E-state index is 13.3. The van der Waals surface area contributed by atoms with Gasteiger partial charge < -0.3 is 10.2 Å². The Morgan fingerprint density at radius 1 is 0.906 bits per heavy atom. The molecule has 0 unspecified atom stereocenters. The van der Waals surface area contributed by atoms with E-state index in [4.69, 9.17) is 0 Å². The van der Waals surface area contributed by atoms with Crippen LogP contribution < -0.4 is 5.32 Å². The molecule has 3 aromatic carbocycles. The van der Waals surface area contributed by atoms with Crippen molar-refractivity contribution in [3.8, 4) is 0 Å². The number of nitrogens with one attached hydrogen (secondary N) is 1. The second-order valence-corrected chi connectivity index (χ2v) is 8.40. The van der Waals surface area contributed by atoms with Gasteiger partial charge in [-0.1, -0.05) is 60.7 Å². The summed E-state index contributed by atoms with van der Waals surface area (Å²) in [6, 6.07) is 25.3. The lowest BCUT2D eigenvalue weighted by atomic mass is 9.83. The van der Waals surface area contributed by atoms with Crippen LogP contribution in [0.4, 0.5) is 4.39 Å². The molecule has 5 heteroatoms. The highest BCUT2D eigenvalue weighted by atomic mass is 19.1. The number of nitrogens with zero attached hydrogens (tertiary/aromatic N) is 1. The molecule has 3 atom stereocenters. The molecule has 32 heavy (non-hydrogen) atoms. The van der Waals surface area contributed by atoms with Crippen molar-refractivity contribution in [2.45, 2.75) is 25.3 Å². The number of carbonyl (C=O) groups is 2. The van der Waals surface area contributed by atoms with Crippen LogP contribution in [0.3, 0.4) is 0 Å². The van der Waals surface area contributed by atoms with Gasteiger partial charge >= 0.3 is 0 Å². The quantitative estimate of drug-likeness (QED) is 0.623. The third kappa shape index (κ3) is 5.05. The molecule has 0 aliphatic carbocycles. The highest BCUT2D eigenvalue weighted by molar-refractivity contribution is 5.94. The van der Waals surface area contributed by atoms with Gasteiger partial charge in [0, 0.05) is 24.6 Å². The van der Waals surface area contributed by atoms with E-state index in [2.05, 4.69) is 5.32 Å². The summed E-state index contributed by atoms with van der Waals surface area (Å²) < 4.78 is 13.3. The Bertz CT molecular complexity index is 1050. The Morgan fingerprint density at radius 2 is 1.53 bits per heavy atom. The van der Waals surface area contributed by atoms with Crippen molar-refractivity contribution in [3.63, 3.8) is 0 Å². The van der Waals surface area contributed by atoms with Crippen molar-refractivity contribution in [1.29, 1.82) is 0 Å². The summed E-state index contributed by atoms with van der Waals surface area (Å²) in [7, 11) is 0. The Morgan fingerprint density at radius 3 is 2.19 bits per heavy atom. The van der Waals surface area contributed by atoms with E-state index in [-0.39, 0.29) is 35.5 Å². The first-order valence-electron chi connectivity index (χ1n) is 11.0. The van der Waals surface area contributed by atoms with E-state index >= 15 is 0 Å².